The van der Waals surface area contributed by atoms with Crippen molar-refractivity contribution in [3.63, 3.8) is 0 Å². The first kappa shape index (κ1) is 11.5. The summed E-state index contributed by atoms with van der Waals surface area (Å²) in [5.74, 6) is -1.63. The lowest BCUT2D eigenvalue weighted by Crippen LogP contribution is -2.59. The Kier molecular flexibility index (Phi) is 2.74. The topological polar surface area (TPSA) is 46.6 Å². The molecule has 0 amide bonds. The third kappa shape index (κ3) is 1.45. The Morgan fingerprint density at radius 1 is 1.62 bits per heavy atom. The highest BCUT2D eigenvalue weighted by Gasteiger charge is 2.59. The van der Waals surface area contributed by atoms with Gasteiger partial charge in [0.05, 0.1) is 12.6 Å². The number of carbonyl (C=O) groups excluding carboxylic acids is 2. The summed E-state index contributed by atoms with van der Waals surface area (Å²) in [6.45, 7) is 1.71. The molecule has 0 aromatic carbocycles. The van der Waals surface area contributed by atoms with E-state index in [9.17, 15) is 14.0 Å². The second kappa shape index (κ2) is 3.80. The number of halogens is 1. The third-order valence-electron chi connectivity index (χ3n) is 3.65. The van der Waals surface area contributed by atoms with E-state index >= 15 is 0 Å². The maximum absolute atomic E-state index is 14.4. The monoisotopic (exact) mass is 229 g/mol. The van der Waals surface area contributed by atoms with Crippen molar-refractivity contribution in [3.05, 3.63) is 0 Å². The van der Waals surface area contributed by atoms with Crippen LogP contribution in [0.15, 0.2) is 0 Å². The van der Waals surface area contributed by atoms with Crippen LogP contribution in [0.1, 0.15) is 26.2 Å². The van der Waals surface area contributed by atoms with Gasteiger partial charge in [-0.1, -0.05) is 0 Å². The number of hydrogen-bond donors (Lipinski definition) is 0. The quantitative estimate of drug-likeness (QED) is 0.516. The summed E-state index contributed by atoms with van der Waals surface area (Å²) in [5, 5.41) is 0. The van der Waals surface area contributed by atoms with Gasteiger partial charge in [-0.3, -0.25) is 9.69 Å². The molecule has 0 radical (unpaired) electrons. The van der Waals surface area contributed by atoms with Crippen LogP contribution in [0.4, 0.5) is 4.39 Å². The minimum absolute atomic E-state index is 0.0166. The maximum Gasteiger partial charge on any atom is 0.351 e. The third-order valence-corrected chi connectivity index (χ3v) is 3.65. The zero-order valence-electron chi connectivity index (χ0n) is 9.53. The molecular formula is C11H16FNO3. The summed E-state index contributed by atoms with van der Waals surface area (Å²) in [5.41, 5.74) is -2.41. The summed E-state index contributed by atoms with van der Waals surface area (Å²) >= 11 is 0. The van der Waals surface area contributed by atoms with Gasteiger partial charge in [-0.25, -0.2) is 9.18 Å². The molecule has 2 heterocycles. The van der Waals surface area contributed by atoms with Crippen molar-refractivity contribution < 1.29 is 18.7 Å². The maximum atomic E-state index is 14.4. The van der Waals surface area contributed by atoms with Crippen molar-refractivity contribution in [1.82, 2.24) is 4.90 Å². The van der Waals surface area contributed by atoms with E-state index < -0.39 is 23.5 Å². The summed E-state index contributed by atoms with van der Waals surface area (Å²) in [4.78, 5) is 25.3. The number of likely N-dealkylation sites (N-methyl/N-ethyl adjacent to an activating group) is 1. The Bertz CT molecular complexity index is 333. The molecule has 2 saturated heterocycles. The van der Waals surface area contributed by atoms with E-state index in [4.69, 9.17) is 0 Å². The molecule has 2 fully saturated rings. The Labute approximate surface area is 93.7 Å². The minimum atomic E-state index is -2.41. The predicted molar refractivity (Wildman–Crippen MR) is 54.7 cm³/mol. The van der Waals surface area contributed by atoms with Crippen LogP contribution in [-0.2, 0) is 14.3 Å². The second-order valence-corrected chi connectivity index (χ2v) is 4.50. The zero-order chi connectivity index (χ0) is 11.9. The van der Waals surface area contributed by atoms with Gasteiger partial charge in [0.25, 0.3) is 5.67 Å². The summed E-state index contributed by atoms with van der Waals surface area (Å²) in [6, 6.07) is -0.467. The molecule has 4 nitrogen and oxygen atoms in total. The number of Topliss-reactive ketones (excluding diaryl/α,β-unsaturated/α-hetero) is 1. The summed E-state index contributed by atoms with van der Waals surface area (Å²) in [7, 11) is 1.81. The van der Waals surface area contributed by atoms with Gasteiger partial charge < -0.3 is 4.74 Å². The summed E-state index contributed by atoms with van der Waals surface area (Å²) < 4.78 is 19.1. The highest BCUT2D eigenvalue weighted by Crippen LogP contribution is 2.40. The van der Waals surface area contributed by atoms with Crippen LogP contribution in [0.3, 0.4) is 0 Å². The number of esters is 1. The van der Waals surface area contributed by atoms with Gasteiger partial charge in [-0.2, -0.15) is 0 Å². The van der Waals surface area contributed by atoms with Gasteiger partial charge in [0.2, 0.25) is 0 Å². The molecule has 0 spiro atoms. The molecule has 2 bridgehead atoms. The highest BCUT2D eigenvalue weighted by atomic mass is 19.1. The van der Waals surface area contributed by atoms with Crippen molar-refractivity contribution in [1.29, 1.82) is 0 Å². The molecule has 2 aliphatic rings. The molecule has 2 aliphatic heterocycles. The average Bonchev–Trinajstić information content (AvgIpc) is 2.51. The van der Waals surface area contributed by atoms with E-state index in [1.54, 1.807) is 6.92 Å². The predicted octanol–water partition coefficient (Wildman–Crippen LogP) is 0.693. The summed E-state index contributed by atoms with van der Waals surface area (Å²) in [6.07, 6.45) is 1.36. The lowest BCUT2D eigenvalue weighted by Gasteiger charge is -2.37. The molecule has 90 valence electrons. The number of alkyl halides is 1. The van der Waals surface area contributed by atoms with Crippen molar-refractivity contribution >= 4 is 11.8 Å². The van der Waals surface area contributed by atoms with E-state index in [0.29, 0.717) is 6.42 Å². The fourth-order valence-electron chi connectivity index (χ4n) is 2.69. The first-order valence-corrected chi connectivity index (χ1v) is 5.63. The largest absolute Gasteiger partial charge is 0.463 e. The number of nitrogens with zero attached hydrogens (tertiary/aromatic N) is 1. The normalized spacial score (nSPS) is 38.8. The van der Waals surface area contributed by atoms with Gasteiger partial charge in [-0.05, 0) is 26.8 Å². The molecule has 0 saturated carbocycles. The number of ketones is 1. The number of fused-ring (bicyclic) bond motifs is 2. The lowest BCUT2D eigenvalue weighted by atomic mass is 9.87. The molecule has 5 heteroatoms. The fourth-order valence-corrected chi connectivity index (χ4v) is 2.69. The van der Waals surface area contributed by atoms with Gasteiger partial charge in [0.1, 0.15) is 0 Å². The molecule has 1 unspecified atom stereocenters. The smallest absolute Gasteiger partial charge is 0.351 e. The Morgan fingerprint density at radius 2 is 2.31 bits per heavy atom. The molecule has 0 aliphatic carbocycles. The van der Waals surface area contributed by atoms with Gasteiger partial charge >= 0.3 is 5.97 Å². The number of carbonyl (C=O) groups is 2. The Morgan fingerprint density at radius 3 is 2.94 bits per heavy atom. The lowest BCUT2D eigenvalue weighted by molar-refractivity contribution is -0.168. The molecule has 3 atom stereocenters. The van der Waals surface area contributed by atoms with E-state index in [1.807, 2.05) is 11.9 Å². The van der Waals surface area contributed by atoms with Crippen LogP contribution in [0, 0.1) is 0 Å². The average molecular weight is 229 g/mol. The first-order valence-electron chi connectivity index (χ1n) is 5.63. The van der Waals surface area contributed by atoms with Crippen molar-refractivity contribution in [2.75, 3.05) is 13.7 Å². The molecular weight excluding hydrogens is 213 g/mol. The van der Waals surface area contributed by atoms with Gasteiger partial charge in [-0.15, -0.1) is 0 Å². The molecule has 0 N–H and O–H groups in total. The molecule has 0 aromatic heterocycles. The molecule has 0 aromatic rings. The Balaban J connectivity index is 2.24. The van der Waals surface area contributed by atoms with Crippen LogP contribution in [0.25, 0.3) is 0 Å². The number of piperidine rings is 1. The van der Waals surface area contributed by atoms with Crippen molar-refractivity contribution in [2.24, 2.45) is 0 Å². The van der Waals surface area contributed by atoms with E-state index in [-0.39, 0.29) is 19.1 Å². The number of ether oxygens (including phenoxy) is 1. The van der Waals surface area contributed by atoms with E-state index in [1.165, 1.54) is 0 Å². The standard InChI is InChI=1S/C11H16FNO3/c1-3-16-10(15)11(12)6-7-4-5-8(9(11)14)13(7)2/h7-8H,3-6H2,1-2H3/t7-,8+,11?/m0/s1. The fraction of sp³-hybridized carbons (Fsp3) is 0.818. The van der Waals surface area contributed by atoms with E-state index in [2.05, 4.69) is 4.74 Å². The van der Waals surface area contributed by atoms with Gasteiger partial charge in [0.15, 0.2) is 5.78 Å². The number of rotatable bonds is 2. The van der Waals surface area contributed by atoms with Crippen LogP contribution in [0.5, 0.6) is 0 Å². The minimum Gasteiger partial charge on any atom is -0.463 e. The first-order chi connectivity index (χ1) is 7.50. The molecule has 2 rings (SSSR count). The van der Waals surface area contributed by atoms with Crippen molar-refractivity contribution in [2.45, 2.75) is 43.9 Å². The van der Waals surface area contributed by atoms with Crippen LogP contribution in [0.2, 0.25) is 0 Å². The van der Waals surface area contributed by atoms with Crippen LogP contribution >= 0.6 is 0 Å². The van der Waals surface area contributed by atoms with Crippen LogP contribution in [-0.4, -0.2) is 48.1 Å². The SMILES string of the molecule is CCOC(=O)C1(F)C[C@@H]2CC[C@H](C1=O)N2C. The zero-order valence-corrected chi connectivity index (χ0v) is 9.53. The Hall–Kier alpha value is -0.970. The highest BCUT2D eigenvalue weighted by molar-refractivity contribution is 6.10. The number of hydrogen-bond acceptors (Lipinski definition) is 4. The molecule has 16 heavy (non-hydrogen) atoms. The van der Waals surface area contributed by atoms with Crippen molar-refractivity contribution in [3.8, 4) is 0 Å². The van der Waals surface area contributed by atoms with Crippen LogP contribution < -0.4 is 0 Å². The van der Waals surface area contributed by atoms with E-state index in [0.717, 1.165) is 6.42 Å². The van der Waals surface area contributed by atoms with Gasteiger partial charge in [0, 0.05) is 12.5 Å². The second-order valence-electron chi connectivity index (χ2n) is 4.50.